The lowest BCUT2D eigenvalue weighted by molar-refractivity contribution is -0.130. The number of benzene rings is 1. The first-order valence-electron chi connectivity index (χ1n) is 6.63. The van der Waals surface area contributed by atoms with E-state index >= 15 is 0 Å². The van der Waals surface area contributed by atoms with Gasteiger partial charge >= 0.3 is 0 Å². The molecular weight excluding hydrogens is 258 g/mol. The SMILES string of the molecule is Cc1cccc2[nH]c(=S)n(CC(=O)N3CCCC3)c12. The Balaban J connectivity index is 1.98. The van der Waals surface area contributed by atoms with Crippen molar-refractivity contribution in [1.82, 2.24) is 14.5 Å². The third-order valence-electron chi connectivity index (χ3n) is 3.75. The first-order valence-corrected chi connectivity index (χ1v) is 7.03. The molecule has 2 heterocycles. The van der Waals surface area contributed by atoms with E-state index < -0.39 is 0 Å². The van der Waals surface area contributed by atoms with Gasteiger partial charge in [0.05, 0.1) is 11.0 Å². The number of hydrogen-bond acceptors (Lipinski definition) is 2. The normalized spacial score (nSPS) is 15.3. The van der Waals surface area contributed by atoms with Crippen LogP contribution < -0.4 is 0 Å². The highest BCUT2D eigenvalue weighted by Gasteiger charge is 2.19. The molecule has 3 rings (SSSR count). The fourth-order valence-corrected chi connectivity index (χ4v) is 3.02. The van der Waals surface area contributed by atoms with Gasteiger partial charge in [-0.25, -0.2) is 0 Å². The number of hydrogen-bond donors (Lipinski definition) is 1. The Hall–Kier alpha value is -1.62. The molecule has 0 radical (unpaired) electrons. The van der Waals surface area contributed by atoms with Gasteiger partial charge in [-0.15, -0.1) is 0 Å². The maximum absolute atomic E-state index is 12.3. The number of nitrogens with zero attached hydrogens (tertiary/aromatic N) is 2. The molecule has 0 unspecified atom stereocenters. The molecule has 1 N–H and O–H groups in total. The van der Waals surface area contributed by atoms with Crippen LogP contribution in [0.2, 0.25) is 0 Å². The average Bonchev–Trinajstić information content (AvgIpc) is 2.99. The molecule has 1 amide bonds. The summed E-state index contributed by atoms with van der Waals surface area (Å²) in [7, 11) is 0. The zero-order chi connectivity index (χ0) is 13.4. The molecule has 0 spiro atoms. The number of nitrogens with one attached hydrogen (secondary N) is 1. The van der Waals surface area contributed by atoms with Crippen LogP contribution in [0.15, 0.2) is 18.2 Å². The second-order valence-electron chi connectivity index (χ2n) is 5.08. The summed E-state index contributed by atoms with van der Waals surface area (Å²) in [6.45, 7) is 4.15. The summed E-state index contributed by atoms with van der Waals surface area (Å²) >= 11 is 5.34. The van der Waals surface area contributed by atoms with Gasteiger partial charge in [0.1, 0.15) is 6.54 Å². The summed E-state index contributed by atoms with van der Waals surface area (Å²) in [5.41, 5.74) is 3.18. The van der Waals surface area contributed by atoms with Crippen LogP contribution in [0.1, 0.15) is 18.4 Å². The third-order valence-corrected chi connectivity index (χ3v) is 4.07. The van der Waals surface area contributed by atoms with Crippen molar-refractivity contribution in [2.75, 3.05) is 13.1 Å². The summed E-state index contributed by atoms with van der Waals surface area (Å²) in [6.07, 6.45) is 2.23. The lowest BCUT2D eigenvalue weighted by Gasteiger charge is -2.16. The molecule has 19 heavy (non-hydrogen) atoms. The van der Waals surface area contributed by atoms with Crippen LogP contribution in [0.3, 0.4) is 0 Å². The van der Waals surface area contributed by atoms with Gasteiger partial charge in [-0.3, -0.25) is 4.79 Å². The number of fused-ring (bicyclic) bond motifs is 1. The number of rotatable bonds is 2. The largest absolute Gasteiger partial charge is 0.341 e. The number of para-hydroxylation sites is 1. The molecule has 0 aliphatic carbocycles. The van der Waals surface area contributed by atoms with Gasteiger partial charge in [0.2, 0.25) is 5.91 Å². The molecule has 2 aromatic rings. The number of amides is 1. The Morgan fingerprint density at radius 3 is 2.84 bits per heavy atom. The van der Waals surface area contributed by atoms with Gasteiger partial charge in [-0.1, -0.05) is 12.1 Å². The second-order valence-corrected chi connectivity index (χ2v) is 5.46. The number of aromatic nitrogens is 2. The lowest BCUT2D eigenvalue weighted by atomic mass is 10.2. The minimum atomic E-state index is 0.165. The Morgan fingerprint density at radius 2 is 2.11 bits per heavy atom. The molecule has 1 saturated heterocycles. The first kappa shape index (κ1) is 12.4. The Kier molecular flexibility index (Phi) is 3.14. The van der Waals surface area contributed by atoms with Crippen molar-refractivity contribution in [3.05, 3.63) is 28.5 Å². The number of H-pyrrole nitrogens is 1. The molecule has 100 valence electrons. The predicted molar refractivity (Wildman–Crippen MR) is 77.7 cm³/mol. The monoisotopic (exact) mass is 275 g/mol. The van der Waals surface area contributed by atoms with Crippen LogP contribution >= 0.6 is 12.2 Å². The smallest absolute Gasteiger partial charge is 0.242 e. The highest BCUT2D eigenvalue weighted by Crippen LogP contribution is 2.19. The van der Waals surface area contributed by atoms with E-state index in [1.54, 1.807) is 0 Å². The summed E-state index contributed by atoms with van der Waals surface area (Å²) < 4.78 is 2.54. The van der Waals surface area contributed by atoms with E-state index in [0.717, 1.165) is 42.5 Å². The van der Waals surface area contributed by atoms with Crippen LogP contribution in [0, 0.1) is 11.7 Å². The van der Waals surface area contributed by atoms with Crippen molar-refractivity contribution in [3.63, 3.8) is 0 Å². The molecule has 4 nitrogen and oxygen atoms in total. The fourth-order valence-electron chi connectivity index (χ4n) is 2.75. The van der Waals surface area contributed by atoms with Crippen molar-refractivity contribution in [1.29, 1.82) is 0 Å². The topological polar surface area (TPSA) is 41.0 Å². The zero-order valence-corrected chi connectivity index (χ0v) is 11.8. The van der Waals surface area contributed by atoms with Crippen LogP contribution in [-0.2, 0) is 11.3 Å². The molecule has 1 aliphatic heterocycles. The number of imidazole rings is 1. The summed E-state index contributed by atoms with van der Waals surface area (Å²) in [4.78, 5) is 17.4. The number of aromatic amines is 1. The Morgan fingerprint density at radius 1 is 1.37 bits per heavy atom. The van der Waals surface area contributed by atoms with E-state index in [-0.39, 0.29) is 5.91 Å². The van der Waals surface area contributed by atoms with E-state index in [2.05, 4.69) is 4.98 Å². The van der Waals surface area contributed by atoms with Crippen molar-refractivity contribution < 1.29 is 4.79 Å². The van der Waals surface area contributed by atoms with Gasteiger partial charge in [-0.05, 0) is 43.6 Å². The highest BCUT2D eigenvalue weighted by molar-refractivity contribution is 7.71. The Labute approximate surface area is 117 Å². The zero-order valence-electron chi connectivity index (χ0n) is 11.0. The number of aryl methyl sites for hydroxylation is 1. The third kappa shape index (κ3) is 2.18. The number of likely N-dealkylation sites (tertiary alicyclic amines) is 1. The van der Waals surface area contributed by atoms with Crippen LogP contribution in [0.5, 0.6) is 0 Å². The predicted octanol–water partition coefficient (Wildman–Crippen LogP) is 2.63. The Bertz CT molecular complexity index is 680. The van der Waals surface area contributed by atoms with Crippen molar-refractivity contribution in [2.24, 2.45) is 0 Å². The molecule has 1 aromatic heterocycles. The van der Waals surface area contributed by atoms with Crippen LogP contribution in [-0.4, -0.2) is 33.4 Å². The average molecular weight is 275 g/mol. The summed E-state index contributed by atoms with van der Waals surface area (Å²) in [5, 5.41) is 0. The van der Waals surface area contributed by atoms with Crippen LogP contribution in [0.25, 0.3) is 11.0 Å². The van der Waals surface area contributed by atoms with Crippen LogP contribution in [0.4, 0.5) is 0 Å². The molecular formula is C14H17N3OS. The van der Waals surface area contributed by atoms with Gasteiger partial charge in [0, 0.05) is 13.1 Å². The highest BCUT2D eigenvalue weighted by atomic mass is 32.1. The molecule has 1 fully saturated rings. The standard InChI is InChI=1S/C14H17N3OS/c1-10-5-4-6-11-13(10)17(14(19)15-11)9-12(18)16-7-2-3-8-16/h4-6H,2-3,7-9H2,1H3,(H,15,19). The minimum Gasteiger partial charge on any atom is -0.341 e. The van der Waals surface area contributed by atoms with E-state index in [9.17, 15) is 4.79 Å². The number of carbonyl (C=O) groups is 1. The summed E-state index contributed by atoms with van der Waals surface area (Å²) in [5.74, 6) is 0.165. The van der Waals surface area contributed by atoms with Gasteiger partial charge in [-0.2, -0.15) is 0 Å². The van der Waals surface area contributed by atoms with Gasteiger partial charge in [0.15, 0.2) is 4.77 Å². The first-order chi connectivity index (χ1) is 9.16. The maximum atomic E-state index is 12.3. The quantitative estimate of drug-likeness (QED) is 0.856. The van der Waals surface area contributed by atoms with E-state index in [1.807, 2.05) is 34.6 Å². The van der Waals surface area contributed by atoms with E-state index in [1.165, 1.54) is 0 Å². The van der Waals surface area contributed by atoms with Gasteiger partial charge < -0.3 is 14.5 Å². The number of carbonyl (C=O) groups excluding carboxylic acids is 1. The fraction of sp³-hybridized carbons (Fsp3) is 0.429. The van der Waals surface area contributed by atoms with Crippen molar-refractivity contribution in [3.8, 4) is 0 Å². The van der Waals surface area contributed by atoms with Crippen molar-refractivity contribution in [2.45, 2.75) is 26.3 Å². The minimum absolute atomic E-state index is 0.165. The summed E-state index contributed by atoms with van der Waals surface area (Å²) in [6, 6.07) is 6.03. The molecule has 0 saturated carbocycles. The van der Waals surface area contributed by atoms with Crippen molar-refractivity contribution >= 4 is 29.2 Å². The molecule has 0 atom stereocenters. The molecule has 5 heteroatoms. The molecule has 0 bridgehead atoms. The lowest BCUT2D eigenvalue weighted by Crippen LogP contribution is -2.31. The van der Waals surface area contributed by atoms with Gasteiger partial charge in [0.25, 0.3) is 0 Å². The maximum Gasteiger partial charge on any atom is 0.242 e. The second kappa shape index (κ2) is 4.81. The van der Waals surface area contributed by atoms with E-state index in [0.29, 0.717) is 11.3 Å². The molecule has 1 aliphatic rings. The molecule has 1 aromatic carbocycles. The van der Waals surface area contributed by atoms with E-state index in [4.69, 9.17) is 12.2 Å².